The van der Waals surface area contributed by atoms with Crippen molar-refractivity contribution in [2.75, 3.05) is 0 Å². The summed E-state index contributed by atoms with van der Waals surface area (Å²) in [5.41, 5.74) is 2.80. The summed E-state index contributed by atoms with van der Waals surface area (Å²) < 4.78 is 0. The van der Waals surface area contributed by atoms with Crippen molar-refractivity contribution >= 4 is 6.29 Å². The maximum atomic E-state index is 10.5. The highest BCUT2D eigenvalue weighted by molar-refractivity contribution is 5.66. The number of aldehydes is 1. The quantitative estimate of drug-likeness (QED) is 0.372. The van der Waals surface area contributed by atoms with E-state index < -0.39 is 0 Å². The summed E-state index contributed by atoms with van der Waals surface area (Å²) in [5, 5.41) is 0. The Labute approximate surface area is 86.9 Å². The molecule has 1 atom stereocenters. The van der Waals surface area contributed by atoms with Crippen molar-refractivity contribution in [1.82, 2.24) is 0 Å². The van der Waals surface area contributed by atoms with E-state index >= 15 is 0 Å². The van der Waals surface area contributed by atoms with Gasteiger partial charge in [-0.25, -0.2) is 0 Å². The third kappa shape index (κ3) is 2.57. The van der Waals surface area contributed by atoms with E-state index in [-0.39, 0.29) is 0 Å². The summed E-state index contributed by atoms with van der Waals surface area (Å²) in [6.45, 7) is 10.6. The molecule has 1 fully saturated rings. The van der Waals surface area contributed by atoms with Gasteiger partial charge in [0.05, 0.1) is 0 Å². The number of allylic oxidation sites excluding steroid dienone is 3. The molecule has 0 aromatic heterocycles. The average Bonchev–Trinajstić information content (AvgIpc) is 2.02. The van der Waals surface area contributed by atoms with Crippen LogP contribution in [0.1, 0.15) is 40.0 Å². The van der Waals surface area contributed by atoms with Crippen LogP contribution in [0.15, 0.2) is 23.8 Å². The van der Waals surface area contributed by atoms with Crippen LogP contribution in [-0.4, -0.2) is 6.29 Å². The van der Waals surface area contributed by atoms with Crippen LogP contribution < -0.4 is 0 Å². The summed E-state index contributed by atoms with van der Waals surface area (Å²) in [5.74, 6) is 0.438. The molecular formula is C13H20O. The summed E-state index contributed by atoms with van der Waals surface area (Å²) in [6, 6.07) is 0. The van der Waals surface area contributed by atoms with Gasteiger partial charge in [0.1, 0.15) is 6.29 Å². The Morgan fingerprint density at radius 2 is 2.21 bits per heavy atom. The zero-order valence-corrected chi connectivity index (χ0v) is 9.47. The molecule has 1 saturated carbocycles. The molecule has 0 aromatic carbocycles. The van der Waals surface area contributed by atoms with Crippen LogP contribution in [-0.2, 0) is 4.79 Å². The molecular weight excluding hydrogens is 172 g/mol. The minimum absolute atomic E-state index is 0.348. The first-order valence-electron chi connectivity index (χ1n) is 5.26. The van der Waals surface area contributed by atoms with Gasteiger partial charge in [-0.15, -0.1) is 0 Å². The van der Waals surface area contributed by atoms with Crippen molar-refractivity contribution in [2.45, 2.75) is 40.0 Å². The molecule has 0 saturated heterocycles. The molecule has 14 heavy (non-hydrogen) atoms. The van der Waals surface area contributed by atoms with Crippen LogP contribution in [0.25, 0.3) is 0 Å². The van der Waals surface area contributed by atoms with E-state index in [4.69, 9.17) is 0 Å². The van der Waals surface area contributed by atoms with E-state index in [0.717, 1.165) is 19.1 Å². The first kappa shape index (κ1) is 11.2. The van der Waals surface area contributed by atoms with Gasteiger partial charge in [0.25, 0.3) is 0 Å². The summed E-state index contributed by atoms with van der Waals surface area (Å²) >= 11 is 0. The Kier molecular flexibility index (Phi) is 3.30. The second-order valence-electron chi connectivity index (χ2n) is 5.16. The van der Waals surface area contributed by atoms with Crippen molar-refractivity contribution in [3.8, 4) is 0 Å². The molecule has 1 rings (SSSR count). The molecule has 0 aliphatic heterocycles. The molecule has 0 N–H and O–H groups in total. The van der Waals surface area contributed by atoms with Crippen LogP contribution >= 0.6 is 0 Å². The lowest BCUT2D eigenvalue weighted by Gasteiger charge is -2.36. The standard InChI is InChI=1S/C13H20O/c1-10(2)12-5-7-13(3,4)9-11(12)6-8-14/h6,8,12H,1,5,7,9H2,2-4H3/b11-6-. The van der Waals surface area contributed by atoms with E-state index in [0.29, 0.717) is 11.3 Å². The van der Waals surface area contributed by atoms with Gasteiger partial charge in [0.2, 0.25) is 0 Å². The van der Waals surface area contributed by atoms with Crippen molar-refractivity contribution < 1.29 is 4.79 Å². The van der Waals surface area contributed by atoms with Gasteiger partial charge in [0, 0.05) is 5.92 Å². The molecule has 1 aliphatic carbocycles. The molecule has 0 amide bonds. The van der Waals surface area contributed by atoms with Gasteiger partial charge in [-0.3, -0.25) is 4.79 Å². The maximum absolute atomic E-state index is 10.5. The van der Waals surface area contributed by atoms with E-state index in [1.54, 1.807) is 6.08 Å². The summed E-state index contributed by atoms with van der Waals surface area (Å²) in [4.78, 5) is 10.5. The van der Waals surface area contributed by atoms with E-state index in [1.807, 2.05) is 0 Å². The van der Waals surface area contributed by atoms with Gasteiger partial charge < -0.3 is 0 Å². The fraction of sp³-hybridized carbons (Fsp3) is 0.615. The monoisotopic (exact) mass is 192 g/mol. The van der Waals surface area contributed by atoms with Gasteiger partial charge >= 0.3 is 0 Å². The van der Waals surface area contributed by atoms with Crippen molar-refractivity contribution in [3.63, 3.8) is 0 Å². The highest BCUT2D eigenvalue weighted by Gasteiger charge is 2.30. The van der Waals surface area contributed by atoms with Crippen LogP contribution in [0, 0.1) is 11.3 Å². The largest absolute Gasteiger partial charge is 0.299 e. The van der Waals surface area contributed by atoms with Crippen LogP contribution in [0.3, 0.4) is 0 Å². The van der Waals surface area contributed by atoms with Crippen LogP contribution in [0.2, 0.25) is 0 Å². The van der Waals surface area contributed by atoms with E-state index in [2.05, 4.69) is 27.4 Å². The lowest BCUT2D eigenvalue weighted by atomic mass is 9.68. The number of hydrogen-bond donors (Lipinski definition) is 0. The molecule has 0 bridgehead atoms. The highest BCUT2D eigenvalue weighted by atomic mass is 16.1. The van der Waals surface area contributed by atoms with Gasteiger partial charge in [-0.1, -0.05) is 31.6 Å². The van der Waals surface area contributed by atoms with E-state index in [9.17, 15) is 4.79 Å². The van der Waals surface area contributed by atoms with Gasteiger partial charge in [0.15, 0.2) is 0 Å². The Morgan fingerprint density at radius 1 is 1.57 bits per heavy atom. The van der Waals surface area contributed by atoms with Crippen molar-refractivity contribution in [2.24, 2.45) is 11.3 Å². The second-order valence-corrected chi connectivity index (χ2v) is 5.16. The molecule has 1 nitrogen and oxygen atoms in total. The third-order valence-corrected chi connectivity index (χ3v) is 3.12. The van der Waals surface area contributed by atoms with Crippen molar-refractivity contribution in [3.05, 3.63) is 23.8 Å². The fourth-order valence-corrected chi connectivity index (χ4v) is 2.31. The maximum Gasteiger partial charge on any atom is 0.142 e. The third-order valence-electron chi connectivity index (χ3n) is 3.12. The molecule has 0 heterocycles. The number of carbonyl (C=O) groups is 1. The smallest absolute Gasteiger partial charge is 0.142 e. The van der Waals surface area contributed by atoms with Gasteiger partial charge in [-0.2, -0.15) is 0 Å². The Bertz CT molecular complexity index is 271. The number of rotatable bonds is 2. The SMILES string of the molecule is C=C(C)C1CCC(C)(C)C/C1=C/C=O. The topological polar surface area (TPSA) is 17.1 Å². The summed E-state index contributed by atoms with van der Waals surface area (Å²) in [7, 11) is 0. The normalized spacial score (nSPS) is 28.8. The Hall–Kier alpha value is -0.850. The molecule has 1 heteroatoms. The van der Waals surface area contributed by atoms with Gasteiger partial charge in [-0.05, 0) is 37.7 Å². The lowest BCUT2D eigenvalue weighted by molar-refractivity contribution is -0.104. The van der Waals surface area contributed by atoms with Crippen molar-refractivity contribution in [1.29, 1.82) is 0 Å². The minimum atomic E-state index is 0.348. The molecule has 0 spiro atoms. The van der Waals surface area contributed by atoms with Crippen LogP contribution in [0.5, 0.6) is 0 Å². The van der Waals surface area contributed by atoms with E-state index in [1.165, 1.54) is 17.6 Å². The Balaban J connectivity index is 2.86. The average molecular weight is 192 g/mol. The molecule has 1 unspecified atom stereocenters. The Morgan fingerprint density at radius 3 is 2.71 bits per heavy atom. The number of hydrogen-bond acceptors (Lipinski definition) is 1. The predicted molar refractivity (Wildman–Crippen MR) is 60.1 cm³/mol. The number of carbonyl (C=O) groups excluding carboxylic acids is 1. The minimum Gasteiger partial charge on any atom is -0.299 e. The first-order valence-corrected chi connectivity index (χ1v) is 5.26. The summed E-state index contributed by atoms with van der Waals surface area (Å²) in [6.07, 6.45) is 6.04. The zero-order chi connectivity index (χ0) is 10.8. The first-order chi connectivity index (χ1) is 6.46. The zero-order valence-electron chi connectivity index (χ0n) is 9.47. The second kappa shape index (κ2) is 4.12. The molecule has 78 valence electrons. The molecule has 1 aliphatic rings. The molecule has 0 aromatic rings. The highest BCUT2D eigenvalue weighted by Crippen LogP contribution is 2.43. The predicted octanol–water partition coefficient (Wildman–Crippen LogP) is 3.51. The van der Waals surface area contributed by atoms with Crippen LogP contribution in [0.4, 0.5) is 0 Å². The molecule has 0 radical (unpaired) electrons. The fourth-order valence-electron chi connectivity index (χ4n) is 2.31. The lowest BCUT2D eigenvalue weighted by Crippen LogP contribution is -2.24.